The van der Waals surface area contributed by atoms with Crippen LogP contribution in [0.15, 0.2) is 4.47 Å². The Morgan fingerprint density at radius 3 is 2.57 bits per heavy atom. The van der Waals surface area contributed by atoms with E-state index in [1.165, 1.54) is 0 Å². The van der Waals surface area contributed by atoms with Gasteiger partial charge in [-0.25, -0.2) is 9.97 Å². The van der Waals surface area contributed by atoms with Crippen LogP contribution in [-0.2, 0) is 21.5 Å². The van der Waals surface area contributed by atoms with Gasteiger partial charge in [0.25, 0.3) is 0 Å². The van der Waals surface area contributed by atoms with Crippen molar-refractivity contribution >= 4 is 21.7 Å². The molecule has 0 bridgehead atoms. The van der Waals surface area contributed by atoms with Gasteiger partial charge >= 0.3 is 0 Å². The van der Waals surface area contributed by atoms with E-state index in [0.29, 0.717) is 13.2 Å². The molecule has 0 spiro atoms. The molecular weight excluding hydrogens is 334 g/mol. The molecule has 1 aliphatic heterocycles. The minimum atomic E-state index is -0.425. The van der Waals surface area contributed by atoms with E-state index in [0.717, 1.165) is 54.0 Å². The summed E-state index contributed by atoms with van der Waals surface area (Å²) in [5, 5.41) is 3.37. The van der Waals surface area contributed by atoms with Crippen LogP contribution in [0.3, 0.4) is 0 Å². The number of methoxy groups -OCH3 is 1. The lowest BCUT2D eigenvalue weighted by Crippen LogP contribution is -2.37. The summed E-state index contributed by atoms with van der Waals surface area (Å²) in [4.78, 5) is 9.48. The molecule has 0 unspecified atom stereocenters. The number of anilines is 1. The third-order valence-corrected chi connectivity index (χ3v) is 4.73. The Bertz CT molecular complexity index is 476. The lowest BCUT2D eigenvalue weighted by atomic mass is 9.93. The largest absolute Gasteiger partial charge is 0.381 e. The molecule has 0 radical (unpaired) electrons. The fourth-order valence-corrected chi connectivity index (χ4v) is 3.11. The predicted octanol–water partition coefficient (Wildman–Crippen LogP) is 3.28. The molecule has 0 aliphatic carbocycles. The average molecular weight is 358 g/mol. The summed E-state index contributed by atoms with van der Waals surface area (Å²) in [6.45, 7) is 6.50. The average Bonchev–Trinajstić information content (AvgIpc) is 2.54. The Morgan fingerprint density at radius 2 is 2.00 bits per heavy atom. The standard InChI is InChI=1S/C15H24BrN3O2/c1-4-8-17-13-12(16)11(5-2)18-14(19-13)15(20-3)6-9-21-10-7-15/h4-10H2,1-3H3,(H,17,18,19). The first kappa shape index (κ1) is 16.6. The summed E-state index contributed by atoms with van der Waals surface area (Å²) in [7, 11) is 1.74. The first-order valence-electron chi connectivity index (χ1n) is 7.60. The van der Waals surface area contributed by atoms with Gasteiger partial charge < -0.3 is 14.8 Å². The summed E-state index contributed by atoms with van der Waals surface area (Å²) in [6.07, 6.45) is 3.49. The van der Waals surface area contributed by atoms with E-state index in [-0.39, 0.29) is 0 Å². The number of hydrogen-bond donors (Lipinski definition) is 1. The number of ether oxygens (including phenoxy) is 2. The monoisotopic (exact) mass is 357 g/mol. The number of nitrogens with zero attached hydrogens (tertiary/aromatic N) is 2. The number of hydrogen-bond acceptors (Lipinski definition) is 5. The molecule has 2 rings (SSSR count). The zero-order valence-corrected chi connectivity index (χ0v) is 14.6. The Hall–Kier alpha value is -0.720. The fourth-order valence-electron chi connectivity index (χ4n) is 2.51. The van der Waals surface area contributed by atoms with Gasteiger partial charge in [0, 0.05) is 39.7 Å². The molecule has 2 heterocycles. The second-order valence-electron chi connectivity index (χ2n) is 5.25. The van der Waals surface area contributed by atoms with Gasteiger partial charge in [-0.15, -0.1) is 0 Å². The van der Waals surface area contributed by atoms with Crippen LogP contribution >= 0.6 is 15.9 Å². The van der Waals surface area contributed by atoms with Crippen LogP contribution in [0.1, 0.15) is 44.6 Å². The van der Waals surface area contributed by atoms with Crippen LogP contribution in [0, 0.1) is 0 Å². The highest BCUT2D eigenvalue weighted by molar-refractivity contribution is 9.10. The number of aromatic nitrogens is 2. The van der Waals surface area contributed by atoms with Crippen molar-refractivity contribution in [3.63, 3.8) is 0 Å². The maximum Gasteiger partial charge on any atom is 0.163 e. The van der Waals surface area contributed by atoms with E-state index in [1.807, 2.05) is 0 Å². The van der Waals surface area contributed by atoms with Crippen molar-refractivity contribution in [2.45, 2.75) is 45.1 Å². The second kappa shape index (κ2) is 7.51. The minimum Gasteiger partial charge on any atom is -0.381 e. The highest BCUT2D eigenvalue weighted by Crippen LogP contribution is 2.36. The van der Waals surface area contributed by atoms with Crippen molar-refractivity contribution in [3.8, 4) is 0 Å². The van der Waals surface area contributed by atoms with Gasteiger partial charge in [0.1, 0.15) is 11.4 Å². The molecule has 6 heteroatoms. The highest BCUT2D eigenvalue weighted by atomic mass is 79.9. The zero-order chi connectivity index (χ0) is 15.3. The molecule has 1 saturated heterocycles. The SMILES string of the molecule is CCCNc1nc(C2(OC)CCOCC2)nc(CC)c1Br. The van der Waals surface area contributed by atoms with Crippen molar-refractivity contribution in [2.24, 2.45) is 0 Å². The maximum absolute atomic E-state index is 5.82. The Labute approximate surface area is 135 Å². The third-order valence-electron chi connectivity index (χ3n) is 3.90. The Morgan fingerprint density at radius 1 is 1.29 bits per heavy atom. The van der Waals surface area contributed by atoms with E-state index in [9.17, 15) is 0 Å². The van der Waals surface area contributed by atoms with Crippen LogP contribution in [0.5, 0.6) is 0 Å². The molecule has 21 heavy (non-hydrogen) atoms. The summed E-state index contributed by atoms with van der Waals surface area (Å²) < 4.78 is 12.2. The summed E-state index contributed by atoms with van der Waals surface area (Å²) >= 11 is 3.62. The van der Waals surface area contributed by atoms with Crippen molar-refractivity contribution in [3.05, 3.63) is 16.0 Å². The Balaban J connectivity index is 2.41. The molecule has 1 N–H and O–H groups in total. The van der Waals surface area contributed by atoms with Gasteiger partial charge in [-0.1, -0.05) is 13.8 Å². The molecule has 118 valence electrons. The Kier molecular flexibility index (Phi) is 5.96. The molecular formula is C15H24BrN3O2. The molecule has 1 aliphatic rings. The normalized spacial score (nSPS) is 17.7. The van der Waals surface area contributed by atoms with E-state index >= 15 is 0 Å². The molecule has 1 aromatic heterocycles. The van der Waals surface area contributed by atoms with Crippen LogP contribution in [-0.4, -0.2) is 36.8 Å². The van der Waals surface area contributed by atoms with Gasteiger partial charge in [-0.3, -0.25) is 0 Å². The molecule has 0 saturated carbocycles. The quantitative estimate of drug-likeness (QED) is 0.846. The molecule has 5 nitrogen and oxygen atoms in total. The molecule has 0 aromatic carbocycles. The van der Waals surface area contributed by atoms with Crippen LogP contribution in [0.25, 0.3) is 0 Å². The first-order valence-corrected chi connectivity index (χ1v) is 8.39. The predicted molar refractivity (Wildman–Crippen MR) is 86.6 cm³/mol. The fraction of sp³-hybridized carbons (Fsp3) is 0.733. The van der Waals surface area contributed by atoms with Crippen molar-refractivity contribution in [1.82, 2.24) is 9.97 Å². The topological polar surface area (TPSA) is 56.3 Å². The lowest BCUT2D eigenvalue weighted by molar-refractivity contribution is -0.1000. The first-order chi connectivity index (χ1) is 10.2. The van der Waals surface area contributed by atoms with E-state index in [2.05, 4.69) is 35.1 Å². The highest BCUT2D eigenvalue weighted by Gasteiger charge is 2.38. The number of rotatable bonds is 6. The minimum absolute atomic E-state index is 0.425. The molecule has 0 amide bonds. The van der Waals surface area contributed by atoms with Crippen LogP contribution in [0.4, 0.5) is 5.82 Å². The van der Waals surface area contributed by atoms with Crippen molar-refractivity contribution in [2.75, 3.05) is 32.2 Å². The van der Waals surface area contributed by atoms with Gasteiger partial charge in [0.05, 0.1) is 10.2 Å². The van der Waals surface area contributed by atoms with Crippen LogP contribution < -0.4 is 5.32 Å². The van der Waals surface area contributed by atoms with E-state index in [1.54, 1.807) is 7.11 Å². The van der Waals surface area contributed by atoms with E-state index in [4.69, 9.17) is 19.4 Å². The molecule has 0 atom stereocenters. The molecule has 1 aromatic rings. The summed E-state index contributed by atoms with van der Waals surface area (Å²) in [6, 6.07) is 0. The third kappa shape index (κ3) is 3.55. The maximum atomic E-state index is 5.82. The number of nitrogens with one attached hydrogen (secondary N) is 1. The number of halogens is 1. The summed E-state index contributed by atoms with van der Waals surface area (Å²) in [5.74, 6) is 1.63. The van der Waals surface area contributed by atoms with Crippen molar-refractivity contribution in [1.29, 1.82) is 0 Å². The smallest absolute Gasteiger partial charge is 0.163 e. The summed E-state index contributed by atoms with van der Waals surface area (Å²) in [5.41, 5.74) is 0.590. The molecule has 1 fully saturated rings. The van der Waals surface area contributed by atoms with Crippen molar-refractivity contribution < 1.29 is 9.47 Å². The van der Waals surface area contributed by atoms with Crippen LogP contribution in [0.2, 0.25) is 0 Å². The van der Waals surface area contributed by atoms with Gasteiger partial charge in [-0.2, -0.15) is 0 Å². The van der Waals surface area contributed by atoms with Gasteiger partial charge in [0.2, 0.25) is 0 Å². The second-order valence-corrected chi connectivity index (χ2v) is 6.04. The van der Waals surface area contributed by atoms with E-state index < -0.39 is 5.60 Å². The number of aryl methyl sites for hydroxylation is 1. The lowest BCUT2D eigenvalue weighted by Gasteiger charge is -2.34. The van der Waals surface area contributed by atoms with Gasteiger partial charge in [-0.05, 0) is 28.8 Å². The zero-order valence-electron chi connectivity index (χ0n) is 13.0. The van der Waals surface area contributed by atoms with Gasteiger partial charge in [0.15, 0.2) is 5.82 Å².